The van der Waals surface area contributed by atoms with E-state index in [0.717, 1.165) is 10.6 Å². The van der Waals surface area contributed by atoms with Gasteiger partial charge < -0.3 is 4.74 Å². The molecule has 9 heteroatoms. The van der Waals surface area contributed by atoms with Crippen LogP contribution in [0.3, 0.4) is 0 Å². The van der Waals surface area contributed by atoms with Crippen molar-refractivity contribution < 1.29 is 9.53 Å². The minimum absolute atomic E-state index is 0.265. The van der Waals surface area contributed by atoms with Crippen molar-refractivity contribution >= 4 is 40.9 Å². The van der Waals surface area contributed by atoms with Gasteiger partial charge in [-0.05, 0) is 52.9 Å². The molecular weight excluding hydrogens is 383 g/mol. The van der Waals surface area contributed by atoms with Crippen LogP contribution in [-0.2, 0) is 4.74 Å². The van der Waals surface area contributed by atoms with Gasteiger partial charge in [-0.3, -0.25) is 0 Å². The minimum atomic E-state index is -0.388. The monoisotopic (exact) mass is 394 g/mol. The Morgan fingerprint density at radius 2 is 1.96 bits per heavy atom. The fraction of sp³-hybridized carbons (Fsp3) is 0.125. The summed E-state index contributed by atoms with van der Waals surface area (Å²) in [6, 6.07) is 12.1. The summed E-state index contributed by atoms with van der Waals surface area (Å²) in [6.07, 6.45) is 1.48. The van der Waals surface area contributed by atoms with Gasteiger partial charge in [0.2, 0.25) is 0 Å². The van der Waals surface area contributed by atoms with Crippen LogP contribution in [0.2, 0.25) is 10.0 Å². The van der Waals surface area contributed by atoms with Crippen molar-refractivity contribution in [2.24, 2.45) is 0 Å². The number of esters is 1. The van der Waals surface area contributed by atoms with Crippen LogP contribution in [0.25, 0.3) is 5.69 Å². The zero-order valence-electron chi connectivity index (χ0n) is 12.8. The first-order chi connectivity index (χ1) is 12.1. The highest BCUT2D eigenvalue weighted by Crippen LogP contribution is 2.29. The topological polar surface area (TPSA) is 69.9 Å². The Morgan fingerprint density at radius 1 is 1.16 bits per heavy atom. The van der Waals surface area contributed by atoms with Gasteiger partial charge in [0, 0.05) is 15.7 Å². The van der Waals surface area contributed by atoms with E-state index in [2.05, 4.69) is 15.5 Å². The zero-order valence-corrected chi connectivity index (χ0v) is 15.1. The molecule has 0 atom stereocenters. The second-order valence-corrected chi connectivity index (χ2v) is 6.84. The standard InChI is InChI=1S/C16H12Cl2N4O2S/c17-12-3-6-14(18)15(9-12)25-8-7-24-16(23)11-1-4-13(5-2-11)22-10-19-20-21-22/h1-6,9-10H,7-8H2. The van der Waals surface area contributed by atoms with E-state index >= 15 is 0 Å². The maximum atomic E-state index is 12.0. The molecule has 1 heterocycles. The molecule has 0 fully saturated rings. The van der Waals surface area contributed by atoms with Gasteiger partial charge in [-0.2, -0.15) is 0 Å². The lowest BCUT2D eigenvalue weighted by atomic mass is 10.2. The Balaban J connectivity index is 1.50. The third-order valence-electron chi connectivity index (χ3n) is 3.18. The number of rotatable bonds is 6. The van der Waals surface area contributed by atoms with Crippen LogP contribution in [0.5, 0.6) is 0 Å². The van der Waals surface area contributed by atoms with Gasteiger partial charge in [0.25, 0.3) is 0 Å². The van der Waals surface area contributed by atoms with Crippen molar-refractivity contribution in [3.05, 3.63) is 64.4 Å². The molecule has 0 radical (unpaired) electrons. The molecule has 0 spiro atoms. The Bertz CT molecular complexity index is 857. The summed E-state index contributed by atoms with van der Waals surface area (Å²) < 4.78 is 6.77. The van der Waals surface area contributed by atoms with E-state index in [0.29, 0.717) is 21.4 Å². The van der Waals surface area contributed by atoms with E-state index in [4.69, 9.17) is 27.9 Å². The van der Waals surface area contributed by atoms with E-state index < -0.39 is 0 Å². The SMILES string of the molecule is O=C(OCCSc1cc(Cl)ccc1Cl)c1ccc(-n2cnnn2)cc1. The van der Waals surface area contributed by atoms with Crippen LogP contribution < -0.4 is 0 Å². The zero-order chi connectivity index (χ0) is 17.6. The third-order valence-corrected chi connectivity index (χ3v) is 4.88. The van der Waals surface area contributed by atoms with Gasteiger partial charge in [-0.15, -0.1) is 16.9 Å². The van der Waals surface area contributed by atoms with E-state index in [9.17, 15) is 4.79 Å². The summed E-state index contributed by atoms with van der Waals surface area (Å²) in [5.41, 5.74) is 1.22. The second kappa shape index (κ2) is 8.33. The fourth-order valence-corrected chi connectivity index (χ4v) is 3.31. The molecule has 0 saturated carbocycles. The largest absolute Gasteiger partial charge is 0.461 e. The van der Waals surface area contributed by atoms with E-state index in [1.807, 2.05) is 0 Å². The van der Waals surface area contributed by atoms with Crippen LogP contribution in [0, 0.1) is 0 Å². The molecule has 25 heavy (non-hydrogen) atoms. The van der Waals surface area contributed by atoms with Crippen molar-refractivity contribution in [1.82, 2.24) is 20.2 Å². The molecule has 0 N–H and O–H groups in total. The number of hydrogen-bond acceptors (Lipinski definition) is 6. The van der Waals surface area contributed by atoms with E-state index in [-0.39, 0.29) is 12.6 Å². The Labute approximate surface area is 158 Å². The lowest BCUT2D eigenvalue weighted by Crippen LogP contribution is -2.08. The number of nitrogens with zero attached hydrogens (tertiary/aromatic N) is 4. The lowest BCUT2D eigenvalue weighted by molar-refractivity contribution is 0.0530. The molecule has 0 amide bonds. The van der Waals surface area contributed by atoms with Crippen molar-refractivity contribution in [1.29, 1.82) is 0 Å². The third kappa shape index (κ3) is 4.72. The Morgan fingerprint density at radius 3 is 2.68 bits per heavy atom. The van der Waals surface area contributed by atoms with Crippen molar-refractivity contribution in [3.8, 4) is 5.69 Å². The number of ether oxygens (including phenoxy) is 1. The van der Waals surface area contributed by atoms with Gasteiger partial charge in [0.15, 0.2) is 0 Å². The molecule has 3 rings (SSSR count). The van der Waals surface area contributed by atoms with Crippen molar-refractivity contribution in [3.63, 3.8) is 0 Å². The molecular formula is C16H12Cl2N4O2S. The second-order valence-electron chi connectivity index (χ2n) is 4.86. The maximum absolute atomic E-state index is 12.0. The number of carbonyl (C=O) groups is 1. The van der Waals surface area contributed by atoms with E-state index in [1.165, 1.54) is 22.8 Å². The molecule has 1 aromatic heterocycles. The highest BCUT2D eigenvalue weighted by molar-refractivity contribution is 7.99. The molecule has 0 unspecified atom stereocenters. The van der Waals surface area contributed by atoms with Gasteiger partial charge >= 0.3 is 5.97 Å². The van der Waals surface area contributed by atoms with Crippen LogP contribution in [0.1, 0.15) is 10.4 Å². The minimum Gasteiger partial charge on any atom is -0.461 e. The highest BCUT2D eigenvalue weighted by atomic mass is 35.5. The normalized spacial score (nSPS) is 10.6. The van der Waals surface area contributed by atoms with Crippen LogP contribution in [-0.4, -0.2) is 38.5 Å². The smallest absolute Gasteiger partial charge is 0.338 e. The quantitative estimate of drug-likeness (QED) is 0.358. The van der Waals surface area contributed by atoms with Crippen molar-refractivity contribution in [2.75, 3.05) is 12.4 Å². The predicted octanol–water partition coefficient (Wildman–Crippen LogP) is 3.92. The summed E-state index contributed by atoms with van der Waals surface area (Å²) in [7, 11) is 0. The molecule has 0 aliphatic rings. The average Bonchev–Trinajstić information content (AvgIpc) is 3.16. The maximum Gasteiger partial charge on any atom is 0.338 e. The molecule has 3 aromatic rings. The molecule has 0 aliphatic heterocycles. The van der Waals surface area contributed by atoms with Gasteiger partial charge in [0.1, 0.15) is 12.9 Å². The first-order valence-electron chi connectivity index (χ1n) is 7.22. The van der Waals surface area contributed by atoms with Gasteiger partial charge in [0.05, 0.1) is 16.3 Å². The first-order valence-corrected chi connectivity index (χ1v) is 8.96. The van der Waals surface area contributed by atoms with E-state index in [1.54, 1.807) is 42.5 Å². The molecule has 2 aromatic carbocycles. The first kappa shape index (κ1) is 17.7. The summed E-state index contributed by atoms with van der Waals surface area (Å²) in [6.45, 7) is 0.265. The Kier molecular flexibility index (Phi) is 5.91. The predicted molar refractivity (Wildman–Crippen MR) is 96.6 cm³/mol. The highest BCUT2D eigenvalue weighted by Gasteiger charge is 2.08. The summed E-state index contributed by atoms with van der Waals surface area (Å²) in [5.74, 6) is 0.190. The number of aromatic nitrogens is 4. The number of tetrazole rings is 1. The summed E-state index contributed by atoms with van der Waals surface area (Å²) >= 11 is 13.5. The van der Waals surface area contributed by atoms with Gasteiger partial charge in [-0.25, -0.2) is 9.48 Å². The molecule has 0 saturated heterocycles. The fourth-order valence-electron chi connectivity index (χ4n) is 1.99. The van der Waals surface area contributed by atoms with Crippen LogP contribution in [0.4, 0.5) is 0 Å². The van der Waals surface area contributed by atoms with Crippen LogP contribution >= 0.6 is 35.0 Å². The molecule has 128 valence electrons. The summed E-state index contributed by atoms with van der Waals surface area (Å²) in [5, 5.41) is 12.1. The van der Waals surface area contributed by atoms with Crippen molar-refractivity contribution in [2.45, 2.75) is 4.90 Å². The Hall–Kier alpha value is -2.09. The molecule has 0 bridgehead atoms. The number of carbonyl (C=O) groups excluding carboxylic acids is 1. The van der Waals surface area contributed by atoms with Gasteiger partial charge in [-0.1, -0.05) is 23.2 Å². The number of benzene rings is 2. The molecule has 6 nitrogen and oxygen atoms in total. The number of thioether (sulfide) groups is 1. The molecule has 0 aliphatic carbocycles. The average molecular weight is 395 g/mol. The van der Waals surface area contributed by atoms with Crippen LogP contribution in [0.15, 0.2) is 53.7 Å². The number of halogens is 2. The summed E-state index contributed by atoms with van der Waals surface area (Å²) in [4.78, 5) is 12.9. The lowest BCUT2D eigenvalue weighted by Gasteiger charge is -2.07. The number of hydrogen-bond donors (Lipinski definition) is 0.